The topological polar surface area (TPSA) is 20.3 Å². The third-order valence-corrected chi connectivity index (χ3v) is 4.22. The van der Waals surface area contributed by atoms with Gasteiger partial charge in [-0.15, -0.1) is 11.3 Å². The molecule has 0 aliphatic carbocycles. The van der Waals surface area contributed by atoms with Crippen LogP contribution in [0.2, 0.25) is 0 Å². The summed E-state index contributed by atoms with van der Waals surface area (Å²) in [6.07, 6.45) is 2.39. The minimum atomic E-state index is 0.212. The highest BCUT2D eigenvalue weighted by Crippen LogP contribution is 2.25. The molecule has 1 amide bonds. The first-order valence-electron chi connectivity index (χ1n) is 5.54. The van der Waals surface area contributed by atoms with Crippen molar-refractivity contribution >= 4 is 17.2 Å². The highest BCUT2D eigenvalue weighted by Gasteiger charge is 2.29. The van der Waals surface area contributed by atoms with Crippen LogP contribution >= 0.6 is 11.3 Å². The van der Waals surface area contributed by atoms with Crippen molar-refractivity contribution in [1.29, 1.82) is 0 Å². The van der Waals surface area contributed by atoms with E-state index in [1.54, 1.807) is 0 Å². The summed E-state index contributed by atoms with van der Waals surface area (Å²) < 4.78 is 0. The van der Waals surface area contributed by atoms with Gasteiger partial charge in [-0.2, -0.15) is 0 Å². The second kappa shape index (κ2) is 4.35. The molecular weight excluding hydrogens is 206 g/mol. The molecule has 2 unspecified atom stereocenters. The van der Waals surface area contributed by atoms with Crippen LogP contribution in [0.3, 0.4) is 0 Å². The van der Waals surface area contributed by atoms with Crippen molar-refractivity contribution in [2.75, 3.05) is 6.54 Å². The van der Waals surface area contributed by atoms with Crippen molar-refractivity contribution < 1.29 is 4.79 Å². The maximum Gasteiger partial charge on any atom is 0.264 e. The Bertz CT molecular complexity index is 333. The van der Waals surface area contributed by atoms with Crippen LogP contribution < -0.4 is 0 Å². The molecule has 0 saturated carbocycles. The van der Waals surface area contributed by atoms with E-state index in [-0.39, 0.29) is 5.91 Å². The van der Waals surface area contributed by atoms with E-state index < -0.39 is 0 Å². The van der Waals surface area contributed by atoms with Crippen LogP contribution in [0.1, 0.15) is 36.4 Å². The Morgan fingerprint density at radius 3 is 3.00 bits per heavy atom. The minimum absolute atomic E-state index is 0.212. The van der Waals surface area contributed by atoms with Gasteiger partial charge in [0.15, 0.2) is 0 Å². The lowest BCUT2D eigenvalue weighted by atomic mass is 9.92. The molecule has 2 rings (SSSR count). The molecule has 1 aromatic heterocycles. The zero-order valence-electron chi connectivity index (χ0n) is 9.27. The van der Waals surface area contributed by atoms with E-state index in [0.29, 0.717) is 12.0 Å². The second-order valence-corrected chi connectivity index (χ2v) is 5.28. The second-order valence-electron chi connectivity index (χ2n) is 4.34. The van der Waals surface area contributed by atoms with Crippen molar-refractivity contribution in [2.24, 2.45) is 5.92 Å². The maximum absolute atomic E-state index is 12.2. The van der Waals surface area contributed by atoms with Gasteiger partial charge < -0.3 is 4.90 Å². The van der Waals surface area contributed by atoms with Gasteiger partial charge in [0.25, 0.3) is 5.91 Å². The minimum Gasteiger partial charge on any atom is -0.335 e. The number of carbonyl (C=O) groups is 1. The highest BCUT2D eigenvalue weighted by molar-refractivity contribution is 7.12. The zero-order valence-corrected chi connectivity index (χ0v) is 10.1. The Morgan fingerprint density at radius 2 is 2.33 bits per heavy atom. The third-order valence-electron chi connectivity index (χ3n) is 3.37. The van der Waals surface area contributed by atoms with Gasteiger partial charge in [-0.05, 0) is 37.1 Å². The van der Waals surface area contributed by atoms with Gasteiger partial charge in [0.05, 0.1) is 4.88 Å². The summed E-state index contributed by atoms with van der Waals surface area (Å²) in [5.41, 5.74) is 0. The molecule has 0 radical (unpaired) electrons. The van der Waals surface area contributed by atoms with E-state index >= 15 is 0 Å². The molecule has 82 valence electrons. The number of likely N-dealkylation sites (tertiary alicyclic amines) is 1. The molecule has 1 aliphatic heterocycles. The Labute approximate surface area is 94.9 Å². The molecule has 2 nitrogen and oxygen atoms in total. The summed E-state index contributed by atoms with van der Waals surface area (Å²) in [5.74, 6) is 0.840. The first-order chi connectivity index (χ1) is 7.20. The van der Waals surface area contributed by atoms with Gasteiger partial charge in [-0.3, -0.25) is 4.79 Å². The summed E-state index contributed by atoms with van der Waals surface area (Å²) in [4.78, 5) is 15.1. The van der Waals surface area contributed by atoms with Crippen molar-refractivity contribution in [3.05, 3.63) is 22.4 Å². The number of hydrogen-bond donors (Lipinski definition) is 0. The van der Waals surface area contributed by atoms with Crippen LogP contribution in [0.4, 0.5) is 0 Å². The van der Waals surface area contributed by atoms with E-state index in [4.69, 9.17) is 0 Å². The van der Waals surface area contributed by atoms with Crippen molar-refractivity contribution in [1.82, 2.24) is 4.90 Å². The SMILES string of the molecule is CC1CCCN(C(=O)c2cccs2)C1C. The predicted molar refractivity (Wildman–Crippen MR) is 63.2 cm³/mol. The van der Waals surface area contributed by atoms with Gasteiger partial charge in [-0.25, -0.2) is 0 Å². The monoisotopic (exact) mass is 223 g/mol. The molecule has 0 N–H and O–H groups in total. The summed E-state index contributed by atoms with van der Waals surface area (Å²) in [7, 11) is 0. The van der Waals surface area contributed by atoms with Gasteiger partial charge in [-0.1, -0.05) is 13.0 Å². The number of carbonyl (C=O) groups excluding carboxylic acids is 1. The molecule has 2 heterocycles. The predicted octanol–water partition coefficient (Wildman–Crippen LogP) is 3.01. The summed E-state index contributed by atoms with van der Waals surface area (Å²) in [5, 5.41) is 1.96. The first kappa shape index (κ1) is 10.7. The fraction of sp³-hybridized carbons (Fsp3) is 0.583. The van der Waals surface area contributed by atoms with Gasteiger partial charge >= 0.3 is 0 Å². The van der Waals surface area contributed by atoms with Crippen LogP contribution in [0.5, 0.6) is 0 Å². The number of amides is 1. The van der Waals surface area contributed by atoms with Crippen LogP contribution in [0.15, 0.2) is 17.5 Å². The van der Waals surface area contributed by atoms with Crippen molar-refractivity contribution in [3.63, 3.8) is 0 Å². The molecule has 1 fully saturated rings. The maximum atomic E-state index is 12.2. The molecule has 0 bridgehead atoms. The number of nitrogens with zero attached hydrogens (tertiary/aromatic N) is 1. The molecule has 3 heteroatoms. The van der Waals surface area contributed by atoms with E-state index in [9.17, 15) is 4.79 Å². The fourth-order valence-corrected chi connectivity index (χ4v) is 2.84. The average molecular weight is 223 g/mol. The number of piperidine rings is 1. The summed E-state index contributed by atoms with van der Waals surface area (Å²) in [6, 6.07) is 4.24. The summed E-state index contributed by atoms with van der Waals surface area (Å²) >= 11 is 1.54. The molecule has 0 aromatic carbocycles. The lowest BCUT2D eigenvalue weighted by Gasteiger charge is -2.37. The lowest BCUT2D eigenvalue weighted by molar-refractivity contribution is 0.0556. The fourth-order valence-electron chi connectivity index (χ4n) is 2.16. The van der Waals surface area contributed by atoms with E-state index in [1.165, 1.54) is 17.8 Å². The highest BCUT2D eigenvalue weighted by atomic mass is 32.1. The van der Waals surface area contributed by atoms with Gasteiger partial charge in [0, 0.05) is 12.6 Å². The molecule has 2 atom stereocenters. The Hall–Kier alpha value is -0.830. The van der Waals surface area contributed by atoms with Crippen LogP contribution in [0.25, 0.3) is 0 Å². The molecule has 1 aromatic rings. The zero-order chi connectivity index (χ0) is 10.8. The van der Waals surface area contributed by atoms with E-state index in [1.807, 2.05) is 22.4 Å². The molecule has 0 spiro atoms. The van der Waals surface area contributed by atoms with Crippen molar-refractivity contribution in [3.8, 4) is 0 Å². The van der Waals surface area contributed by atoms with Crippen LogP contribution in [0, 0.1) is 5.92 Å². The number of thiophene rings is 1. The molecule has 1 aliphatic rings. The Morgan fingerprint density at radius 1 is 1.53 bits per heavy atom. The van der Waals surface area contributed by atoms with Crippen molar-refractivity contribution in [2.45, 2.75) is 32.7 Å². The third kappa shape index (κ3) is 2.07. The number of rotatable bonds is 1. The number of hydrogen-bond acceptors (Lipinski definition) is 2. The van der Waals surface area contributed by atoms with E-state index in [2.05, 4.69) is 13.8 Å². The largest absolute Gasteiger partial charge is 0.335 e. The van der Waals surface area contributed by atoms with Gasteiger partial charge in [0.2, 0.25) is 0 Å². The molecule has 1 saturated heterocycles. The Kier molecular flexibility index (Phi) is 3.10. The Balaban J connectivity index is 2.13. The van der Waals surface area contributed by atoms with Gasteiger partial charge in [0.1, 0.15) is 0 Å². The van der Waals surface area contributed by atoms with E-state index in [0.717, 1.165) is 17.8 Å². The molecular formula is C12H17NOS. The first-order valence-corrected chi connectivity index (χ1v) is 6.42. The van der Waals surface area contributed by atoms with Crippen LogP contribution in [-0.2, 0) is 0 Å². The quantitative estimate of drug-likeness (QED) is 0.716. The lowest BCUT2D eigenvalue weighted by Crippen LogP contribution is -2.45. The smallest absolute Gasteiger partial charge is 0.264 e. The molecule has 15 heavy (non-hydrogen) atoms. The normalized spacial score (nSPS) is 26.7. The standard InChI is InChI=1S/C12H17NOS/c1-9-5-3-7-13(10(9)2)12(14)11-6-4-8-15-11/h4,6,8-10H,3,5,7H2,1-2H3. The summed E-state index contributed by atoms with van der Waals surface area (Å²) in [6.45, 7) is 5.32. The average Bonchev–Trinajstić information content (AvgIpc) is 2.74. The van der Waals surface area contributed by atoms with Crippen LogP contribution in [-0.4, -0.2) is 23.4 Å².